The first kappa shape index (κ1) is 16.2. The molecule has 0 spiro atoms. The summed E-state index contributed by atoms with van der Waals surface area (Å²) in [6, 6.07) is 14.2. The molecule has 1 aromatic carbocycles. The second kappa shape index (κ2) is 7.73. The van der Waals surface area contributed by atoms with Crippen LogP contribution in [-0.2, 0) is 9.53 Å². The lowest BCUT2D eigenvalue weighted by Gasteiger charge is -2.30. The molecule has 5 heteroatoms. The first-order valence-corrected chi connectivity index (χ1v) is 8.21. The van der Waals surface area contributed by atoms with E-state index in [1.165, 1.54) is 6.20 Å². The van der Waals surface area contributed by atoms with Crippen molar-refractivity contribution in [1.29, 1.82) is 0 Å². The molecule has 1 aromatic heterocycles. The standard InChI is InChI=1S/C19H20N2O3/c22-18(21-13-7-2-8-14-21)17(15-9-3-1-4-10-15)24-19(23)16-11-5-6-12-20-16/h1,3-6,9-12,17H,2,7-8,13-14H2/t17-/m0/s1. The van der Waals surface area contributed by atoms with Gasteiger partial charge in [0.05, 0.1) is 0 Å². The minimum absolute atomic E-state index is 0.162. The van der Waals surface area contributed by atoms with Gasteiger partial charge >= 0.3 is 5.97 Å². The van der Waals surface area contributed by atoms with Gasteiger partial charge in [-0.1, -0.05) is 36.4 Å². The van der Waals surface area contributed by atoms with Crippen LogP contribution >= 0.6 is 0 Å². The van der Waals surface area contributed by atoms with Crippen LogP contribution in [0.2, 0.25) is 0 Å². The number of aromatic nitrogens is 1. The molecular weight excluding hydrogens is 304 g/mol. The van der Waals surface area contributed by atoms with Crippen molar-refractivity contribution in [2.75, 3.05) is 13.1 Å². The number of amides is 1. The number of likely N-dealkylation sites (tertiary alicyclic amines) is 1. The van der Waals surface area contributed by atoms with Crippen molar-refractivity contribution in [2.24, 2.45) is 0 Å². The molecule has 124 valence electrons. The van der Waals surface area contributed by atoms with E-state index in [1.807, 2.05) is 18.2 Å². The fourth-order valence-electron chi connectivity index (χ4n) is 2.82. The zero-order valence-electron chi connectivity index (χ0n) is 13.4. The smallest absolute Gasteiger partial charge is 0.358 e. The Balaban J connectivity index is 1.82. The highest BCUT2D eigenvalue weighted by Crippen LogP contribution is 2.23. The summed E-state index contributed by atoms with van der Waals surface area (Å²) in [6.45, 7) is 1.42. The van der Waals surface area contributed by atoms with Gasteiger partial charge in [0.15, 0.2) is 0 Å². The van der Waals surface area contributed by atoms with Gasteiger partial charge < -0.3 is 9.64 Å². The molecule has 24 heavy (non-hydrogen) atoms. The second-order valence-corrected chi connectivity index (χ2v) is 5.80. The third-order valence-electron chi connectivity index (χ3n) is 4.09. The number of piperidine rings is 1. The van der Waals surface area contributed by atoms with Gasteiger partial charge in [-0.3, -0.25) is 4.79 Å². The van der Waals surface area contributed by atoms with Crippen LogP contribution < -0.4 is 0 Å². The molecule has 1 fully saturated rings. The molecule has 1 aliphatic rings. The van der Waals surface area contributed by atoms with E-state index < -0.39 is 12.1 Å². The fraction of sp³-hybridized carbons (Fsp3) is 0.316. The molecule has 1 saturated heterocycles. The van der Waals surface area contributed by atoms with E-state index >= 15 is 0 Å². The molecule has 5 nitrogen and oxygen atoms in total. The normalized spacial score (nSPS) is 15.6. The van der Waals surface area contributed by atoms with E-state index in [1.54, 1.807) is 35.2 Å². The number of esters is 1. The maximum atomic E-state index is 12.9. The van der Waals surface area contributed by atoms with Crippen LogP contribution in [0.1, 0.15) is 41.4 Å². The molecule has 1 aliphatic heterocycles. The summed E-state index contributed by atoms with van der Waals surface area (Å²) in [7, 11) is 0. The topological polar surface area (TPSA) is 59.5 Å². The molecule has 0 radical (unpaired) electrons. The minimum atomic E-state index is -0.932. The van der Waals surface area contributed by atoms with Crippen molar-refractivity contribution >= 4 is 11.9 Å². The van der Waals surface area contributed by atoms with Gasteiger partial charge in [-0.05, 0) is 31.4 Å². The second-order valence-electron chi connectivity index (χ2n) is 5.80. The van der Waals surface area contributed by atoms with Crippen molar-refractivity contribution in [3.8, 4) is 0 Å². The Bertz CT molecular complexity index is 682. The summed E-state index contributed by atoms with van der Waals surface area (Å²) in [6.07, 6.45) is 3.70. The number of carbonyl (C=O) groups is 2. The zero-order valence-corrected chi connectivity index (χ0v) is 13.4. The summed E-state index contributed by atoms with van der Waals surface area (Å²) >= 11 is 0. The lowest BCUT2D eigenvalue weighted by molar-refractivity contribution is -0.142. The van der Waals surface area contributed by atoms with Gasteiger partial charge in [-0.25, -0.2) is 9.78 Å². The molecule has 0 N–H and O–H groups in total. The largest absolute Gasteiger partial charge is 0.443 e. The van der Waals surface area contributed by atoms with Gasteiger partial charge in [0.2, 0.25) is 6.10 Å². The Morgan fingerprint density at radius 3 is 2.33 bits per heavy atom. The molecule has 2 aromatic rings. The van der Waals surface area contributed by atoms with E-state index in [-0.39, 0.29) is 11.6 Å². The lowest BCUT2D eigenvalue weighted by Crippen LogP contribution is -2.40. The summed E-state index contributed by atoms with van der Waals surface area (Å²) in [5, 5.41) is 0. The number of nitrogens with zero attached hydrogens (tertiary/aromatic N) is 2. The Morgan fingerprint density at radius 2 is 1.67 bits per heavy atom. The van der Waals surface area contributed by atoms with E-state index in [4.69, 9.17) is 4.74 Å². The van der Waals surface area contributed by atoms with Crippen molar-refractivity contribution in [1.82, 2.24) is 9.88 Å². The van der Waals surface area contributed by atoms with Crippen molar-refractivity contribution in [3.63, 3.8) is 0 Å². The average Bonchev–Trinajstić information content (AvgIpc) is 2.67. The molecule has 0 unspecified atom stereocenters. The summed E-state index contributed by atoms with van der Waals surface area (Å²) in [5.74, 6) is -0.750. The number of rotatable bonds is 4. The van der Waals surface area contributed by atoms with Crippen LogP contribution in [-0.4, -0.2) is 34.8 Å². The number of ether oxygens (including phenoxy) is 1. The fourth-order valence-corrected chi connectivity index (χ4v) is 2.82. The molecular formula is C19H20N2O3. The molecule has 0 bridgehead atoms. The highest BCUT2D eigenvalue weighted by molar-refractivity contribution is 5.91. The number of benzene rings is 1. The quantitative estimate of drug-likeness (QED) is 0.811. The predicted molar refractivity (Wildman–Crippen MR) is 89.3 cm³/mol. The van der Waals surface area contributed by atoms with E-state index in [9.17, 15) is 9.59 Å². The van der Waals surface area contributed by atoms with Crippen molar-refractivity contribution in [2.45, 2.75) is 25.4 Å². The maximum absolute atomic E-state index is 12.9. The molecule has 2 heterocycles. The van der Waals surface area contributed by atoms with Crippen LogP contribution in [0.4, 0.5) is 0 Å². The summed E-state index contributed by atoms with van der Waals surface area (Å²) in [4.78, 5) is 31.0. The molecule has 1 atom stereocenters. The summed E-state index contributed by atoms with van der Waals surface area (Å²) in [5.41, 5.74) is 0.877. The van der Waals surface area contributed by atoms with Crippen LogP contribution in [0.25, 0.3) is 0 Å². The monoisotopic (exact) mass is 324 g/mol. The van der Waals surface area contributed by atoms with Crippen LogP contribution in [0, 0.1) is 0 Å². The number of carbonyl (C=O) groups excluding carboxylic acids is 2. The highest BCUT2D eigenvalue weighted by Gasteiger charge is 2.30. The van der Waals surface area contributed by atoms with Crippen molar-refractivity contribution < 1.29 is 14.3 Å². The maximum Gasteiger partial charge on any atom is 0.358 e. The van der Waals surface area contributed by atoms with Gasteiger partial charge in [-0.15, -0.1) is 0 Å². The van der Waals surface area contributed by atoms with E-state index in [0.717, 1.165) is 19.3 Å². The SMILES string of the molecule is O=C(O[C@H](C(=O)N1CCCCC1)c1ccccc1)c1ccccn1. The molecule has 3 rings (SSSR count). The Labute approximate surface area is 141 Å². The number of hydrogen-bond acceptors (Lipinski definition) is 4. The Kier molecular flexibility index (Phi) is 5.21. The molecule has 1 amide bonds. The van der Waals surface area contributed by atoms with Crippen LogP contribution in [0.3, 0.4) is 0 Å². The molecule has 0 saturated carbocycles. The zero-order chi connectivity index (χ0) is 16.8. The van der Waals surface area contributed by atoms with Gasteiger partial charge in [0.25, 0.3) is 5.91 Å². The number of hydrogen-bond donors (Lipinski definition) is 0. The first-order valence-electron chi connectivity index (χ1n) is 8.21. The van der Waals surface area contributed by atoms with Crippen molar-refractivity contribution in [3.05, 3.63) is 66.0 Å². The Hall–Kier alpha value is -2.69. The lowest BCUT2D eigenvalue weighted by atomic mass is 10.1. The summed E-state index contributed by atoms with van der Waals surface area (Å²) < 4.78 is 5.54. The average molecular weight is 324 g/mol. The highest BCUT2D eigenvalue weighted by atomic mass is 16.5. The van der Waals surface area contributed by atoms with Crippen LogP contribution in [0.15, 0.2) is 54.7 Å². The van der Waals surface area contributed by atoms with E-state index in [0.29, 0.717) is 18.7 Å². The predicted octanol–water partition coefficient (Wildman–Crippen LogP) is 2.99. The number of pyridine rings is 1. The van der Waals surface area contributed by atoms with Gasteiger partial charge in [0.1, 0.15) is 5.69 Å². The molecule has 0 aliphatic carbocycles. The van der Waals surface area contributed by atoms with Gasteiger partial charge in [-0.2, -0.15) is 0 Å². The first-order chi connectivity index (χ1) is 11.8. The minimum Gasteiger partial charge on any atom is -0.443 e. The van der Waals surface area contributed by atoms with Crippen LogP contribution in [0.5, 0.6) is 0 Å². The Morgan fingerprint density at radius 1 is 0.958 bits per heavy atom. The van der Waals surface area contributed by atoms with E-state index in [2.05, 4.69) is 4.98 Å². The third kappa shape index (κ3) is 3.79. The van der Waals surface area contributed by atoms with Gasteiger partial charge in [0, 0.05) is 24.8 Å². The third-order valence-corrected chi connectivity index (χ3v) is 4.09.